The van der Waals surface area contributed by atoms with Crippen molar-refractivity contribution in [3.05, 3.63) is 34.9 Å². The van der Waals surface area contributed by atoms with Crippen molar-refractivity contribution in [3.8, 4) is 0 Å². The van der Waals surface area contributed by atoms with Gasteiger partial charge < -0.3 is 26.0 Å². The number of carbonyl (C=O) groups excluding carboxylic acids is 4. The van der Waals surface area contributed by atoms with Crippen LogP contribution in [0.5, 0.6) is 0 Å². The summed E-state index contributed by atoms with van der Waals surface area (Å²) in [4.78, 5) is 53.4. The Balaban J connectivity index is 2.52. The largest absolute Gasteiger partial charge is 0.444 e. The van der Waals surface area contributed by atoms with Crippen molar-refractivity contribution in [2.24, 2.45) is 5.73 Å². The molecule has 2 rings (SSSR count). The molecule has 0 heterocycles. The topological polar surface area (TPSA) is 131 Å². The third kappa shape index (κ3) is 8.53. The Morgan fingerprint density at radius 2 is 1.64 bits per heavy atom. The molecule has 1 aromatic carbocycles. The van der Waals surface area contributed by atoms with Crippen LogP contribution in [-0.4, -0.2) is 52.4 Å². The Bertz CT molecular complexity index is 945. The van der Waals surface area contributed by atoms with Crippen molar-refractivity contribution in [2.75, 3.05) is 0 Å². The molecule has 4 amide bonds. The number of ether oxygens (including phenoxy) is 1. The lowest BCUT2D eigenvalue weighted by Gasteiger charge is -2.44. The van der Waals surface area contributed by atoms with E-state index in [1.54, 1.807) is 25.7 Å². The van der Waals surface area contributed by atoms with Crippen LogP contribution in [-0.2, 0) is 19.1 Å². The molecule has 9 nitrogen and oxygen atoms in total. The van der Waals surface area contributed by atoms with Crippen LogP contribution >= 0.6 is 0 Å². The van der Waals surface area contributed by atoms with Crippen molar-refractivity contribution >= 4 is 23.8 Å². The van der Waals surface area contributed by atoms with E-state index in [1.165, 1.54) is 0 Å². The number of carbonyl (C=O) groups is 4. The number of nitrogens with one attached hydrogen (secondary N) is 2. The van der Waals surface area contributed by atoms with E-state index in [0.717, 1.165) is 30.4 Å². The van der Waals surface area contributed by atoms with Crippen LogP contribution in [0.2, 0.25) is 0 Å². The van der Waals surface area contributed by atoms with Gasteiger partial charge in [-0.1, -0.05) is 29.3 Å². The molecule has 2 atom stereocenters. The molecule has 1 aromatic rings. The fourth-order valence-corrected chi connectivity index (χ4v) is 4.33. The minimum absolute atomic E-state index is 0.00198. The first-order chi connectivity index (χ1) is 16.7. The van der Waals surface area contributed by atoms with Crippen LogP contribution in [0.25, 0.3) is 0 Å². The number of amides is 4. The number of hydrogen-bond donors (Lipinski definition) is 3. The van der Waals surface area contributed by atoms with E-state index in [1.807, 2.05) is 45.9 Å². The fourth-order valence-electron chi connectivity index (χ4n) is 4.33. The number of nitrogens with zero attached hydrogens (tertiary/aromatic N) is 1. The second kappa shape index (κ2) is 12.2. The predicted molar refractivity (Wildman–Crippen MR) is 138 cm³/mol. The van der Waals surface area contributed by atoms with Gasteiger partial charge in [-0.15, -0.1) is 0 Å². The van der Waals surface area contributed by atoms with E-state index in [9.17, 15) is 19.2 Å². The maximum absolute atomic E-state index is 14.1. The van der Waals surface area contributed by atoms with Gasteiger partial charge in [-0.2, -0.15) is 0 Å². The summed E-state index contributed by atoms with van der Waals surface area (Å²) in [6, 6.07) is 3.57. The first kappa shape index (κ1) is 29.1. The Morgan fingerprint density at radius 1 is 1.06 bits per heavy atom. The first-order valence-electron chi connectivity index (χ1n) is 12.7. The summed E-state index contributed by atoms with van der Waals surface area (Å²) in [5, 5.41) is 5.59. The zero-order valence-corrected chi connectivity index (χ0v) is 22.6. The normalized spacial score (nSPS) is 15.4. The Hall–Kier alpha value is -3.10. The number of primary amides is 1. The molecule has 1 fully saturated rings. The second-order valence-electron chi connectivity index (χ2n) is 11.0. The lowest BCUT2D eigenvalue weighted by Crippen LogP contribution is -2.58. The van der Waals surface area contributed by atoms with Gasteiger partial charge in [0.25, 0.3) is 0 Å². The third-order valence-corrected chi connectivity index (χ3v) is 5.91. The molecule has 9 heteroatoms. The van der Waals surface area contributed by atoms with Gasteiger partial charge >= 0.3 is 6.09 Å². The molecule has 1 aliphatic rings. The van der Waals surface area contributed by atoms with Gasteiger partial charge in [0, 0.05) is 18.5 Å². The van der Waals surface area contributed by atoms with E-state index >= 15 is 0 Å². The average Bonchev–Trinajstić information content (AvgIpc) is 2.65. The number of aryl methyl sites for hydroxylation is 2. The smallest absolute Gasteiger partial charge is 0.408 e. The zero-order valence-electron chi connectivity index (χ0n) is 22.6. The number of hydrogen-bond acceptors (Lipinski definition) is 5. The van der Waals surface area contributed by atoms with Crippen LogP contribution in [0.3, 0.4) is 0 Å². The lowest BCUT2D eigenvalue weighted by atomic mass is 9.87. The van der Waals surface area contributed by atoms with Crippen LogP contribution in [0.15, 0.2) is 18.2 Å². The van der Waals surface area contributed by atoms with Crippen LogP contribution in [0, 0.1) is 13.8 Å². The van der Waals surface area contributed by atoms with Gasteiger partial charge in [0.15, 0.2) is 0 Å². The van der Waals surface area contributed by atoms with Gasteiger partial charge in [0.1, 0.15) is 17.7 Å². The summed E-state index contributed by atoms with van der Waals surface area (Å²) in [5.74, 6) is -1.31. The van der Waals surface area contributed by atoms with Gasteiger partial charge in [-0.25, -0.2) is 4.79 Å². The molecule has 0 radical (unpaired) electrons. The van der Waals surface area contributed by atoms with Gasteiger partial charge in [-0.3, -0.25) is 14.4 Å². The Kier molecular flexibility index (Phi) is 9.90. The molecule has 200 valence electrons. The van der Waals surface area contributed by atoms with E-state index in [-0.39, 0.29) is 30.8 Å². The van der Waals surface area contributed by atoms with Gasteiger partial charge in [0.2, 0.25) is 17.7 Å². The van der Waals surface area contributed by atoms with Crippen LogP contribution in [0.4, 0.5) is 4.79 Å². The molecule has 4 N–H and O–H groups in total. The summed E-state index contributed by atoms with van der Waals surface area (Å²) in [7, 11) is 0. The highest BCUT2D eigenvalue weighted by Crippen LogP contribution is 2.34. The minimum atomic E-state index is -1.08. The molecule has 0 aromatic heterocycles. The lowest BCUT2D eigenvalue weighted by molar-refractivity contribution is -0.147. The number of nitrogens with two attached hydrogens (primary N) is 1. The maximum atomic E-state index is 14.1. The van der Waals surface area contributed by atoms with E-state index in [0.29, 0.717) is 5.56 Å². The quantitative estimate of drug-likeness (QED) is 0.451. The highest BCUT2D eigenvalue weighted by molar-refractivity contribution is 5.93. The molecular formula is C27H42N4O5. The average molecular weight is 503 g/mol. The number of alkyl carbamates (subject to hydrolysis) is 1. The summed E-state index contributed by atoms with van der Waals surface area (Å²) in [6.45, 7) is 12.8. The molecular weight excluding hydrogens is 460 g/mol. The summed E-state index contributed by atoms with van der Waals surface area (Å²) in [6.07, 6.45) is 1.56. The molecule has 0 spiro atoms. The highest BCUT2D eigenvalue weighted by atomic mass is 16.6. The third-order valence-electron chi connectivity index (χ3n) is 5.91. The van der Waals surface area contributed by atoms with Crippen molar-refractivity contribution in [1.82, 2.24) is 15.5 Å². The highest BCUT2D eigenvalue weighted by Gasteiger charge is 2.42. The Morgan fingerprint density at radius 3 is 2.08 bits per heavy atom. The number of rotatable bonds is 10. The fraction of sp³-hybridized carbons (Fsp3) is 0.630. The van der Waals surface area contributed by atoms with Gasteiger partial charge in [0.05, 0.1) is 0 Å². The predicted octanol–water partition coefficient (Wildman–Crippen LogP) is 3.41. The van der Waals surface area contributed by atoms with Crippen molar-refractivity contribution in [2.45, 2.75) is 110 Å². The monoisotopic (exact) mass is 502 g/mol. The van der Waals surface area contributed by atoms with Crippen molar-refractivity contribution in [1.29, 1.82) is 0 Å². The number of benzene rings is 1. The molecule has 0 saturated heterocycles. The Labute approximate surface area is 214 Å². The molecule has 0 aliphatic heterocycles. The minimum Gasteiger partial charge on any atom is -0.444 e. The molecule has 1 aliphatic carbocycles. The summed E-state index contributed by atoms with van der Waals surface area (Å²) < 4.78 is 5.37. The second-order valence-corrected chi connectivity index (χ2v) is 11.0. The van der Waals surface area contributed by atoms with E-state index < -0.39 is 35.6 Å². The van der Waals surface area contributed by atoms with Gasteiger partial charge in [-0.05, 0) is 79.7 Å². The molecule has 36 heavy (non-hydrogen) atoms. The first-order valence-corrected chi connectivity index (χ1v) is 12.7. The molecule has 1 saturated carbocycles. The molecule has 2 unspecified atom stereocenters. The summed E-state index contributed by atoms with van der Waals surface area (Å²) in [5.41, 5.74) is 7.25. The van der Waals surface area contributed by atoms with Crippen LogP contribution in [0.1, 0.15) is 89.5 Å². The SMILES string of the molecule is Cc1cc(C)cc(C(C(=O)NC(C)C)N(C(=O)C(CCC(N)=O)NC(=O)OC(C)(C)C)C2CCC2)c1. The zero-order chi connectivity index (χ0) is 27.2. The van der Waals surface area contributed by atoms with Crippen molar-refractivity contribution < 1.29 is 23.9 Å². The van der Waals surface area contributed by atoms with E-state index in [2.05, 4.69) is 10.6 Å². The molecule has 0 bridgehead atoms. The van der Waals surface area contributed by atoms with E-state index in [4.69, 9.17) is 10.5 Å². The summed E-state index contributed by atoms with van der Waals surface area (Å²) >= 11 is 0. The van der Waals surface area contributed by atoms with Crippen LogP contribution < -0.4 is 16.4 Å². The van der Waals surface area contributed by atoms with Crippen molar-refractivity contribution in [3.63, 3.8) is 0 Å². The standard InChI is InChI=1S/C27H42N4O5/c1-16(2)29-24(33)23(19-14-17(3)13-18(4)15-19)31(20-9-8-10-20)25(34)21(11-12-22(28)32)30-26(35)36-27(5,6)7/h13-16,20-21,23H,8-12H2,1-7H3,(H2,28,32)(H,29,33)(H,30,35). The maximum Gasteiger partial charge on any atom is 0.408 e.